The van der Waals surface area contributed by atoms with Crippen molar-refractivity contribution in [1.82, 2.24) is 0 Å². The van der Waals surface area contributed by atoms with Gasteiger partial charge in [-0.25, -0.2) is 9.59 Å². The Morgan fingerprint density at radius 3 is 1.69 bits per heavy atom. The van der Waals surface area contributed by atoms with Crippen molar-refractivity contribution >= 4 is 22.7 Å². The second-order valence-corrected chi connectivity index (χ2v) is 8.12. The van der Waals surface area contributed by atoms with Gasteiger partial charge in [-0.15, -0.1) is 0 Å². The molecule has 1 saturated carbocycles. The highest BCUT2D eigenvalue weighted by molar-refractivity contribution is 5.97. The van der Waals surface area contributed by atoms with Crippen LogP contribution in [0, 0.1) is 5.92 Å². The van der Waals surface area contributed by atoms with Crippen LogP contribution in [-0.2, 0) is 19.1 Å². The highest BCUT2D eigenvalue weighted by Gasteiger charge is 2.47. The standard InChI is InChI=1S/C26H28O6/c1-4-21(27)29-12-14-31-25-19-8-6-7-9-20(19)26(32-15-13-30-22(28)5-2)24-18-11-10-17(16(18)3)23(24)25/h4-9,16-18H,1-2,10-15H2,3H3. The molecular weight excluding hydrogens is 408 g/mol. The summed E-state index contributed by atoms with van der Waals surface area (Å²) in [6, 6.07) is 8.01. The summed E-state index contributed by atoms with van der Waals surface area (Å²) < 4.78 is 22.7. The van der Waals surface area contributed by atoms with Gasteiger partial charge >= 0.3 is 11.9 Å². The van der Waals surface area contributed by atoms with E-state index < -0.39 is 11.9 Å². The van der Waals surface area contributed by atoms with Crippen molar-refractivity contribution in [2.24, 2.45) is 5.92 Å². The second kappa shape index (κ2) is 9.47. The van der Waals surface area contributed by atoms with Crippen LogP contribution in [0.4, 0.5) is 0 Å². The molecule has 0 spiro atoms. The quantitative estimate of drug-likeness (QED) is 0.306. The lowest BCUT2D eigenvalue weighted by Gasteiger charge is -2.25. The molecule has 0 radical (unpaired) electrons. The molecule has 2 aliphatic carbocycles. The number of benzene rings is 2. The van der Waals surface area contributed by atoms with E-state index in [1.54, 1.807) is 0 Å². The minimum atomic E-state index is -0.461. The lowest BCUT2D eigenvalue weighted by atomic mass is 9.87. The molecular formula is C26H28O6. The Kier molecular flexibility index (Phi) is 6.49. The molecule has 2 aromatic carbocycles. The summed E-state index contributed by atoms with van der Waals surface area (Å²) >= 11 is 0. The maximum atomic E-state index is 11.4. The molecule has 2 atom stereocenters. The molecule has 168 valence electrons. The first kappa shape index (κ1) is 21.9. The molecule has 0 amide bonds. The lowest BCUT2D eigenvalue weighted by molar-refractivity contribution is -0.139. The zero-order valence-corrected chi connectivity index (χ0v) is 18.3. The van der Waals surface area contributed by atoms with Crippen molar-refractivity contribution in [1.29, 1.82) is 0 Å². The van der Waals surface area contributed by atoms with Crippen molar-refractivity contribution < 1.29 is 28.5 Å². The van der Waals surface area contributed by atoms with E-state index in [4.69, 9.17) is 18.9 Å². The van der Waals surface area contributed by atoms with Gasteiger partial charge in [-0.2, -0.15) is 0 Å². The van der Waals surface area contributed by atoms with Crippen LogP contribution in [0.2, 0.25) is 0 Å². The Bertz CT molecular complexity index is 973. The number of hydrogen-bond acceptors (Lipinski definition) is 6. The predicted octanol–water partition coefficient (Wildman–Crippen LogP) is 4.67. The molecule has 32 heavy (non-hydrogen) atoms. The topological polar surface area (TPSA) is 71.1 Å². The first-order valence-corrected chi connectivity index (χ1v) is 11.0. The minimum Gasteiger partial charge on any atom is -0.489 e. The summed E-state index contributed by atoms with van der Waals surface area (Å²) in [6.45, 7) is 9.96. The van der Waals surface area contributed by atoms with E-state index >= 15 is 0 Å². The SMILES string of the molecule is C=CC(=O)OCCOc1c2c(c(OCCOC(=O)C=C)c3ccccc13)C1CCC2C1C. The Morgan fingerprint density at radius 1 is 0.844 bits per heavy atom. The molecule has 0 aromatic heterocycles. The van der Waals surface area contributed by atoms with E-state index in [1.807, 2.05) is 24.3 Å². The van der Waals surface area contributed by atoms with Crippen LogP contribution in [0.15, 0.2) is 49.6 Å². The average molecular weight is 437 g/mol. The Morgan fingerprint density at radius 2 is 1.28 bits per heavy atom. The van der Waals surface area contributed by atoms with Crippen molar-refractivity contribution in [3.8, 4) is 11.5 Å². The average Bonchev–Trinajstić information content (AvgIpc) is 3.32. The fraction of sp³-hybridized carbons (Fsp3) is 0.385. The summed E-state index contributed by atoms with van der Waals surface area (Å²) in [6.07, 6.45) is 4.53. The molecule has 6 nitrogen and oxygen atoms in total. The third-order valence-electron chi connectivity index (χ3n) is 6.48. The number of carbonyl (C=O) groups excluding carboxylic acids is 2. The second-order valence-electron chi connectivity index (χ2n) is 8.12. The van der Waals surface area contributed by atoms with Crippen LogP contribution < -0.4 is 9.47 Å². The molecule has 0 heterocycles. The van der Waals surface area contributed by atoms with Crippen molar-refractivity contribution in [2.45, 2.75) is 31.6 Å². The largest absolute Gasteiger partial charge is 0.489 e. The van der Waals surface area contributed by atoms with Gasteiger partial charge in [0, 0.05) is 34.1 Å². The lowest BCUT2D eigenvalue weighted by Crippen LogP contribution is -2.14. The fourth-order valence-corrected chi connectivity index (χ4v) is 5.13. The highest BCUT2D eigenvalue weighted by Crippen LogP contribution is 2.63. The van der Waals surface area contributed by atoms with E-state index in [0.717, 1.165) is 47.3 Å². The van der Waals surface area contributed by atoms with Crippen molar-refractivity contribution in [2.75, 3.05) is 26.4 Å². The smallest absolute Gasteiger partial charge is 0.330 e. The monoisotopic (exact) mass is 436 g/mol. The maximum Gasteiger partial charge on any atom is 0.330 e. The molecule has 2 unspecified atom stereocenters. The Labute approximate surface area is 187 Å². The minimum absolute atomic E-state index is 0.157. The van der Waals surface area contributed by atoms with E-state index in [2.05, 4.69) is 20.1 Å². The van der Waals surface area contributed by atoms with Gasteiger partial charge in [0.1, 0.15) is 37.9 Å². The van der Waals surface area contributed by atoms with Crippen molar-refractivity contribution in [3.63, 3.8) is 0 Å². The highest BCUT2D eigenvalue weighted by atomic mass is 16.6. The van der Waals surface area contributed by atoms with E-state index in [-0.39, 0.29) is 26.4 Å². The van der Waals surface area contributed by atoms with Gasteiger partial charge < -0.3 is 18.9 Å². The van der Waals surface area contributed by atoms with Crippen LogP contribution in [0.5, 0.6) is 11.5 Å². The number of carbonyl (C=O) groups is 2. The van der Waals surface area contributed by atoms with Crippen LogP contribution in [-0.4, -0.2) is 38.4 Å². The normalized spacial score (nSPS) is 20.5. The number of rotatable bonds is 10. The van der Waals surface area contributed by atoms with E-state index in [9.17, 15) is 9.59 Å². The van der Waals surface area contributed by atoms with Crippen LogP contribution in [0.25, 0.3) is 10.8 Å². The van der Waals surface area contributed by atoms with Gasteiger partial charge in [-0.3, -0.25) is 0 Å². The van der Waals surface area contributed by atoms with Crippen LogP contribution >= 0.6 is 0 Å². The summed E-state index contributed by atoms with van der Waals surface area (Å²) in [5, 5.41) is 1.94. The van der Waals surface area contributed by atoms with E-state index in [1.165, 1.54) is 11.1 Å². The number of ether oxygens (including phenoxy) is 4. The van der Waals surface area contributed by atoms with Crippen LogP contribution in [0.1, 0.15) is 42.7 Å². The molecule has 2 aromatic rings. The third-order valence-corrected chi connectivity index (χ3v) is 6.48. The van der Waals surface area contributed by atoms with Gasteiger partial charge in [0.25, 0.3) is 0 Å². The van der Waals surface area contributed by atoms with Gasteiger partial charge in [0.2, 0.25) is 0 Å². The fourth-order valence-electron chi connectivity index (χ4n) is 5.13. The summed E-state index contributed by atoms with van der Waals surface area (Å²) in [5.74, 6) is 2.11. The van der Waals surface area contributed by atoms with Gasteiger partial charge in [0.05, 0.1) is 0 Å². The molecule has 2 aliphatic rings. The zero-order chi connectivity index (χ0) is 22.7. The molecule has 4 rings (SSSR count). The number of esters is 2. The van der Waals surface area contributed by atoms with Crippen LogP contribution in [0.3, 0.4) is 0 Å². The predicted molar refractivity (Wildman–Crippen MR) is 121 cm³/mol. The number of hydrogen-bond donors (Lipinski definition) is 0. The Balaban J connectivity index is 1.67. The summed E-state index contributed by atoms with van der Waals surface area (Å²) in [5.41, 5.74) is 2.42. The van der Waals surface area contributed by atoms with E-state index in [0.29, 0.717) is 17.8 Å². The summed E-state index contributed by atoms with van der Waals surface area (Å²) in [4.78, 5) is 22.7. The molecule has 2 bridgehead atoms. The molecule has 0 aliphatic heterocycles. The van der Waals surface area contributed by atoms with Gasteiger partial charge in [0.15, 0.2) is 0 Å². The Hall–Kier alpha value is -3.28. The summed E-state index contributed by atoms with van der Waals surface area (Å²) in [7, 11) is 0. The molecule has 1 fully saturated rings. The molecule has 6 heteroatoms. The number of fused-ring (bicyclic) bond motifs is 6. The molecule has 0 N–H and O–H groups in total. The van der Waals surface area contributed by atoms with Crippen molar-refractivity contribution in [3.05, 3.63) is 60.7 Å². The zero-order valence-electron chi connectivity index (χ0n) is 18.3. The first-order chi connectivity index (χ1) is 15.6. The maximum absolute atomic E-state index is 11.4. The van der Waals surface area contributed by atoms with Gasteiger partial charge in [-0.05, 0) is 30.6 Å². The third kappa shape index (κ3) is 3.97. The first-order valence-electron chi connectivity index (χ1n) is 11.0. The van der Waals surface area contributed by atoms with Gasteiger partial charge in [-0.1, -0.05) is 44.3 Å². The molecule has 0 saturated heterocycles.